The Labute approximate surface area is 148 Å². The van der Waals surface area contributed by atoms with Crippen LogP contribution in [0.3, 0.4) is 0 Å². The highest BCUT2D eigenvalue weighted by molar-refractivity contribution is 6.16. The number of hydrazine groups is 1. The van der Waals surface area contributed by atoms with E-state index in [2.05, 4.69) is 9.56 Å². The normalized spacial score (nSPS) is 24.1. The van der Waals surface area contributed by atoms with E-state index in [1.165, 1.54) is 6.07 Å². The molecule has 3 aromatic rings. The van der Waals surface area contributed by atoms with Gasteiger partial charge in [-0.05, 0) is 18.2 Å². The number of amidine groups is 1. The molecule has 2 aromatic carbocycles. The van der Waals surface area contributed by atoms with Crippen molar-refractivity contribution in [3.63, 3.8) is 0 Å². The molecule has 0 saturated heterocycles. The second-order valence-electron chi connectivity index (χ2n) is 6.60. The van der Waals surface area contributed by atoms with Gasteiger partial charge in [-0.3, -0.25) is 5.01 Å². The SMILES string of the molecule is Fc1cccc2c1[C@H]1C[C@H](c3nc4ccccc4n31)N1C2=NCN1Cl. The maximum Gasteiger partial charge on any atom is 0.149 e. The largest absolute Gasteiger partial charge is 0.318 e. The Hall–Kier alpha value is -2.44. The van der Waals surface area contributed by atoms with Crippen LogP contribution in [-0.4, -0.2) is 31.6 Å². The minimum absolute atomic E-state index is 0.0528. The number of imidazole rings is 1. The average molecular weight is 354 g/mol. The fourth-order valence-corrected chi connectivity index (χ4v) is 4.68. The average Bonchev–Trinajstić information content (AvgIpc) is 3.24. The Bertz CT molecular complexity index is 1070. The summed E-state index contributed by atoms with van der Waals surface area (Å²) < 4.78 is 18.7. The molecule has 3 aliphatic heterocycles. The zero-order valence-electron chi connectivity index (χ0n) is 13.1. The number of nitrogens with zero attached hydrogens (tertiary/aromatic N) is 5. The summed E-state index contributed by atoms with van der Waals surface area (Å²) in [5, 5.41) is 1.96. The number of benzene rings is 2. The first-order valence-corrected chi connectivity index (χ1v) is 8.60. The summed E-state index contributed by atoms with van der Waals surface area (Å²) in [6.07, 6.45) is 0.726. The third-order valence-electron chi connectivity index (χ3n) is 5.39. The fraction of sp³-hybridized carbons (Fsp3) is 0.222. The zero-order valence-corrected chi connectivity index (χ0v) is 13.9. The van der Waals surface area contributed by atoms with Gasteiger partial charge in [-0.1, -0.05) is 24.3 Å². The molecule has 3 aliphatic rings. The third-order valence-corrected chi connectivity index (χ3v) is 5.66. The molecule has 25 heavy (non-hydrogen) atoms. The van der Waals surface area contributed by atoms with Crippen LogP contribution in [0.1, 0.15) is 35.5 Å². The monoisotopic (exact) mass is 353 g/mol. The standard InChI is InChI=1S/C18H13ClFN5/c19-23-9-21-17-10-4-3-5-11(20)16(10)14-8-15(25(17)23)18-22-12-6-1-2-7-13(12)24(14)18/h1-7,14-15H,8-9H2/t14-,15-/m1/s1. The van der Waals surface area contributed by atoms with Crippen LogP contribution in [0.2, 0.25) is 0 Å². The molecule has 1 aromatic heterocycles. The summed E-state index contributed by atoms with van der Waals surface area (Å²) in [4.78, 5) is 9.39. The van der Waals surface area contributed by atoms with Gasteiger partial charge in [0.25, 0.3) is 0 Å². The Morgan fingerprint density at radius 2 is 1.96 bits per heavy atom. The van der Waals surface area contributed by atoms with Gasteiger partial charge in [0.15, 0.2) is 0 Å². The molecule has 2 bridgehead atoms. The van der Waals surface area contributed by atoms with E-state index in [-0.39, 0.29) is 17.9 Å². The van der Waals surface area contributed by atoms with Crippen molar-refractivity contribution in [2.45, 2.75) is 18.5 Å². The Balaban J connectivity index is 1.73. The van der Waals surface area contributed by atoms with E-state index in [9.17, 15) is 4.39 Å². The van der Waals surface area contributed by atoms with E-state index in [0.717, 1.165) is 34.7 Å². The first-order chi connectivity index (χ1) is 12.2. The van der Waals surface area contributed by atoms with Gasteiger partial charge in [0.1, 0.15) is 30.2 Å². The van der Waals surface area contributed by atoms with Gasteiger partial charge in [-0.15, -0.1) is 4.53 Å². The van der Waals surface area contributed by atoms with Gasteiger partial charge in [0.05, 0.1) is 17.1 Å². The molecule has 6 rings (SSSR count). The summed E-state index contributed by atoms with van der Waals surface area (Å²) in [5.41, 5.74) is 3.45. The van der Waals surface area contributed by atoms with E-state index in [1.54, 1.807) is 10.6 Å². The number of hydrogen-bond acceptors (Lipinski definition) is 4. The van der Waals surface area contributed by atoms with Crippen LogP contribution < -0.4 is 0 Å². The number of halogens is 2. The van der Waals surface area contributed by atoms with Gasteiger partial charge in [-0.2, -0.15) is 0 Å². The van der Waals surface area contributed by atoms with E-state index in [1.807, 2.05) is 35.3 Å². The number of para-hydroxylation sites is 2. The highest BCUT2D eigenvalue weighted by atomic mass is 35.5. The van der Waals surface area contributed by atoms with Crippen molar-refractivity contribution in [3.05, 3.63) is 65.2 Å². The molecule has 4 heterocycles. The van der Waals surface area contributed by atoms with Crippen LogP contribution in [0, 0.1) is 5.82 Å². The summed E-state index contributed by atoms with van der Waals surface area (Å²) in [5.74, 6) is 1.44. The van der Waals surface area contributed by atoms with Crippen molar-refractivity contribution in [3.8, 4) is 0 Å². The fourth-order valence-electron chi connectivity index (χ4n) is 4.45. The topological polar surface area (TPSA) is 36.7 Å². The predicted octanol–water partition coefficient (Wildman–Crippen LogP) is 3.61. The molecule has 5 nitrogen and oxygen atoms in total. The number of fused-ring (bicyclic) bond motifs is 6. The lowest BCUT2D eigenvalue weighted by molar-refractivity contribution is 0.124. The van der Waals surface area contributed by atoms with Crippen LogP contribution >= 0.6 is 11.8 Å². The minimum atomic E-state index is -0.204. The maximum atomic E-state index is 14.9. The van der Waals surface area contributed by atoms with E-state index >= 15 is 0 Å². The van der Waals surface area contributed by atoms with Gasteiger partial charge in [0.2, 0.25) is 0 Å². The molecule has 0 unspecified atom stereocenters. The first kappa shape index (κ1) is 13.8. The zero-order chi connectivity index (χ0) is 16.7. The molecule has 0 saturated carbocycles. The van der Waals surface area contributed by atoms with Crippen LogP contribution in [0.15, 0.2) is 47.5 Å². The molecule has 0 amide bonds. The molecule has 0 spiro atoms. The van der Waals surface area contributed by atoms with Crippen LogP contribution in [0.5, 0.6) is 0 Å². The highest BCUT2D eigenvalue weighted by Gasteiger charge is 2.48. The summed E-state index contributed by atoms with van der Waals surface area (Å²) in [6, 6.07) is 13.0. The maximum absolute atomic E-state index is 14.9. The van der Waals surface area contributed by atoms with Crippen molar-refractivity contribution in [2.75, 3.05) is 6.67 Å². The molecule has 0 radical (unpaired) electrons. The predicted molar refractivity (Wildman–Crippen MR) is 92.6 cm³/mol. The molecular formula is C18H13ClFN5. The lowest BCUT2D eigenvalue weighted by Crippen LogP contribution is -2.38. The van der Waals surface area contributed by atoms with Gasteiger partial charge >= 0.3 is 0 Å². The van der Waals surface area contributed by atoms with Gasteiger partial charge in [-0.25, -0.2) is 14.4 Å². The Kier molecular flexibility index (Phi) is 2.53. The second kappa shape index (κ2) is 4.59. The smallest absolute Gasteiger partial charge is 0.149 e. The summed E-state index contributed by atoms with van der Waals surface area (Å²) in [6.45, 7) is 0.355. The molecule has 7 heteroatoms. The number of aliphatic imine (C=N–C) groups is 1. The number of rotatable bonds is 0. The highest BCUT2D eigenvalue weighted by Crippen LogP contribution is 2.50. The first-order valence-electron chi connectivity index (χ1n) is 8.26. The number of hydrogen-bond donors (Lipinski definition) is 0. The lowest BCUT2D eigenvalue weighted by atomic mass is 9.98. The van der Waals surface area contributed by atoms with Gasteiger partial charge < -0.3 is 4.57 Å². The van der Waals surface area contributed by atoms with Crippen molar-refractivity contribution >= 4 is 28.6 Å². The quantitative estimate of drug-likeness (QED) is 0.579. The summed E-state index contributed by atoms with van der Waals surface area (Å²) >= 11 is 6.44. The molecular weight excluding hydrogens is 341 g/mol. The van der Waals surface area contributed by atoms with Crippen LogP contribution in [0.25, 0.3) is 11.0 Å². The lowest BCUT2D eigenvalue weighted by Gasteiger charge is -2.29. The Morgan fingerprint density at radius 3 is 2.88 bits per heavy atom. The molecule has 0 fully saturated rings. The van der Waals surface area contributed by atoms with Crippen LogP contribution in [-0.2, 0) is 0 Å². The Morgan fingerprint density at radius 1 is 1.08 bits per heavy atom. The van der Waals surface area contributed by atoms with Crippen molar-refractivity contribution in [2.24, 2.45) is 4.99 Å². The third kappa shape index (κ3) is 1.61. The molecule has 2 atom stereocenters. The molecule has 0 aliphatic carbocycles. The van der Waals surface area contributed by atoms with E-state index in [4.69, 9.17) is 16.8 Å². The van der Waals surface area contributed by atoms with Crippen molar-refractivity contribution in [1.82, 2.24) is 19.1 Å². The second-order valence-corrected chi connectivity index (χ2v) is 6.99. The van der Waals surface area contributed by atoms with E-state index < -0.39 is 0 Å². The van der Waals surface area contributed by atoms with Crippen molar-refractivity contribution in [1.29, 1.82) is 0 Å². The molecule has 0 N–H and O–H groups in total. The van der Waals surface area contributed by atoms with Gasteiger partial charge in [0, 0.05) is 29.3 Å². The van der Waals surface area contributed by atoms with Crippen molar-refractivity contribution < 1.29 is 4.39 Å². The minimum Gasteiger partial charge on any atom is -0.318 e. The summed E-state index contributed by atoms with van der Waals surface area (Å²) in [7, 11) is 0. The van der Waals surface area contributed by atoms with Crippen LogP contribution in [0.4, 0.5) is 4.39 Å². The molecule has 124 valence electrons. The van der Waals surface area contributed by atoms with E-state index in [0.29, 0.717) is 12.2 Å². The number of aromatic nitrogens is 2.